The number of alkyl halides is 1. The molecule has 0 amide bonds. The molecule has 4 heteroatoms. The number of hydrogen-bond acceptors (Lipinski definition) is 0. The van der Waals surface area contributed by atoms with Crippen molar-refractivity contribution in [1.82, 2.24) is 9.13 Å². The van der Waals surface area contributed by atoms with E-state index in [4.69, 9.17) is 0 Å². The molecule has 224 valence electrons. The Bertz CT molecular complexity index is 2270. The first-order valence-corrected chi connectivity index (χ1v) is 16.2. The minimum atomic E-state index is 0. The monoisotopic (exact) mass is 700 g/mol. The van der Waals surface area contributed by atoms with Gasteiger partial charge in [0.05, 0.1) is 22.1 Å². The van der Waals surface area contributed by atoms with Gasteiger partial charge in [0.1, 0.15) is 0 Å². The molecule has 2 aromatic heterocycles. The van der Waals surface area contributed by atoms with E-state index in [0.29, 0.717) is 0 Å². The van der Waals surface area contributed by atoms with Gasteiger partial charge in [-0.25, -0.2) is 0 Å². The van der Waals surface area contributed by atoms with Gasteiger partial charge in [-0.3, -0.25) is 0 Å². The molecule has 0 unspecified atom stereocenters. The van der Waals surface area contributed by atoms with E-state index in [0.717, 1.165) is 0 Å². The van der Waals surface area contributed by atoms with Crippen LogP contribution in [0.4, 0.5) is 0 Å². The van der Waals surface area contributed by atoms with Gasteiger partial charge in [0, 0.05) is 27.9 Å². The summed E-state index contributed by atoms with van der Waals surface area (Å²) < 4.78 is 4.73. The third-order valence-electron chi connectivity index (χ3n) is 8.88. The van der Waals surface area contributed by atoms with Crippen LogP contribution in [0.3, 0.4) is 0 Å². The Hall–Kier alpha value is -4.69. The maximum absolute atomic E-state index is 4.64. The smallest absolute Gasteiger partial charge is 0.328 e. The van der Waals surface area contributed by atoms with E-state index in [1.807, 2.05) is 0 Å². The Morgan fingerprint density at radius 3 is 0.979 bits per heavy atom. The molecular formula is C43H31ClN2Zr. The van der Waals surface area contributed by atoms with Gasteiger partial charge in [-0.15, -0.1) is 93.8 Å². The fourth-order valence-electron chi connectivity index (χ4n) is 6.93. The van der Waals surface area contributed by atoms with Crippen LogP contribution in [0.15, 0.2) is 170 Å². The van der Waals surface area contributed by atoms with Crippen molar-refractivity contribution in [2.24, 2.45) is 0 Å². The van der Waals surface area contributed by atoms with Gasteiger partial charge in [-0.1, -0.05) is 84.9 Å². The molecule has 10 aromatic rings. The molecule has 0 fully saturated rings. The Kier molecular flexibility index (Phi) is 8.69. The van der Waals surface area contributed by atoms with Crippen LogP contribution in [-0.2, 0) is 26.2 Å². The van der Waals surface area contributed by atoms with Crippen LogP contribution < -0.4 is 0 Å². The number of aromatic nitrogens is 2. The van der Waals surface area contributed by atoms with E-state index in [1.54, 1.807) is 0 Å². The van der Waals surface area contributed by atoms with E-state index < -0.39 is 0 Å². The van der Waals surface area contributed by atoms with E-state index in [9.17, 15) is 0 Å². The van der Waals surface area contributed by atoms with Gasteiger partial charge in [0.15, 0.2) is 0 Å². The van der Waals surface area contributed by atoms with Crippen molar-refractivity contribution < 1.29 is 26.2 Å². The second-order valence-corrected chi connectivity index (χ2v) is 11.4. The average Bonchev–Trinajstić information content (AvgIpc) is 3.89. The number of halogens is 1. The largest absolute Gasteiger partial charge is 2.00 e. The summed E-state index contributed by atoms with van der Waals surface area (Å²) >= 11 is 4.64. The minimum Gasteiger partial charge on any atom is -0.328 e. The van der Waals surface area contributed by atoms with Gasteiger partial charge >= 0.3 is 26.2 Å². The van der Waals surface area contributed by atoms with Crippen LogP contribution in [0.1, 0.15) is 0 Å². The van der Waals surface area contributed by atoms with Crippen molar-refractivity contribution in [3.8, 4) is 11.4 Å². The van der Waals surface area contributed by atoms with Crippen LogP contribution >= 0.6 is 11.6 Å². The molecule has 0 aliphatic heterocycles. The van der Waals surface area contributed by atoms with Crippen LogP contribution in [0.2, 0.25) is 0 Å². The fraction of sp³-hybridized carbons (Fsp3) is 0.0233. The minimum absolute atomic E-state index is 0. The van der Waals surface area contributed by atoms with Crippen molar-refractivity contribution in [2.75, 3.05) is 6.38 Å². The molecule has 47 heavy (non-hydrogen) atoms. The summed E-state index contributed by atoms with van der Waals surface area (Å²) in [5, 5.41) is 10.4. The molecule has 0 bridgehead atoms. The molecule has 10 rings (SSSR count). The van der Waals surface area contributed by atoms with Gasteiger partial charge < -0.3 is 9.13 Å². The molecule has 0 aliphatic carbocycles. The Labute approximate surface area is 297 Å². The maximum atomic E-state index is 4.64. The number of fused-ring (bicyclic) bond motifs is 8. The first-order chi connectivity index (χ1) is 22.8. The van der Waals surface area contributed by atoms with Gasteiger partial charge in [-0.2, -0.15) is 0 Å². The maximum Gasteiger partial charge on any atom is 2.00 e. The molecule has 8 aromatic carbocycles. The standard InChI is InChI=1S/2C21H14N.CH3Cl.Zr/c2*1-2-8-16-14-17(13-15(16)7-1)22-20-11-5-3-9-18(20)19-10-4-6-12-21(19)22;1-2;/h2*1-14H;1H3;/q2*-1;;+2. The van der Waals surface area contributed by atoms with E-state index in [2.05, 4.69) is 191 Å². The zero-order chi connectivity index (χ0) is 31.0. The van der Waals surface area contributed by atoms with Crippen molar-refractivity contribution in [1.29, 1.82) is 0 Å². The molecule has 0 saturated carbocycles. The third kappa shape index (κ3) is 5.34. The molecule has 0 saturated heterocycles. The van der Waals surface area contributed by atoms with E-state index in [-0.39, 0.29) is 26.2 Å². The van der Waals surface area contributed by atoms with Crippen LogP contribution in [0.5, 0.6) is 0 Å². The summed E-state index contributed by atoms with van der Waals surface area (Å²) in [6.45, 7) is 0. The molecule has 0 N–H and O–H groups in total. The Morgan fingerprint density at radius 2 is 0.660 bits per heavy atom. The topological polar surface area (TPSA) is 9.86 Å². The van der Waals surface area contributed by atoms with Gasteiger partial charge in [0.25, 0.3) is 0 Å². The molecule has 0 atom stereocenters. The van der Waals surface area contributed by atoms with Crippen LogP contribution in [-0.4, -0.2) is 15.5 Å². The number of hydrogen-bond donors (Lipinski definition) is 0. The average molecular weight is 702 g/mol. The predicted molar refractivity (Wildman–Crippen MR) is 200 cm³/mol. The zero-order valence-corrected chi connectivity index (χ0v) is 29.2. The van der Waals surface area contributed by atoms with Gasteiger partial charge in [-0.05, 0) is 35.6 Å². The quantitative estimate of drug-likeness (QED) is 0.125. The van der Waals surface area contributed by atoms with Crippen molar-refractivity contribution in [2.45, 2.75) is 0 Å². The predicted octanol–water partition coefficient (Wildman–Crippen LogP) is 12.2. The number of rotatable bonds is 2. The summed E-state index contributed by atoms with van der Waals surface area (Å²) in [6, 6.07) is 60.7. The second-order valence-electron chi connectivity index (χ2n) is 11.4. The summed E-state index contributed by atoms with van der Waals surface area (Å²) in [4.78, 5) is 0. The van der Waals surface area contributed by atoms with Crippen molar-refractivity contribution in [3.05, 3.63) is 170 Å². The third-order valence-corrected chi connectivity index (χ3v) is 8.88. The van der Waals surface area contributed by atoms with E-state index >= 15 is 0 Å². The van der Waals surface area contributed by atoms with Crippen LogP contribution in [0.25, 0.3) is 76.5 Å². The molecule has 0 radical (unpaired) electrons. The molecule has 2 nitrogen and oxygen atoms in total. The molecule has 0 spiro atoms. The molecule has 0 aliphatic rings. The van der Waals surface area contributed by atoms with Crippen molar-refractivity contribution >= 4 is 76.8 Å². The zero-order valence-electron chi connectivity index (χ0n) is 25.9. The summed E-state index contributed by atoms with van der Waals surface area (Å²) in [6.07, 6.45) is 1.47. The molecule has 2 heterocycles. The summed E-state index contributed by atoms with van der Waals surface area (Å²) in [7, 11) is 0. The fourth-order valence-corrected chi connectivity index (χ4v) is 6.93. The first kappa shape index (κ1) is 30.9. The Balaban J connectivity index is 0.000000139. The number of para-hydroxylation sites is 4. The van der Waals surface area contributed by atoms with Crippen LogP contribution in [0, 0.1) is 0 Å². The summed E-state index contributed by atoms with van der Waals surface area (Å²) in [5.41, 5.74) is 7.52. The first-order valence-electron chi connectivity index (χ1n) is 15.5. The van der Waals surface area contributed by atoms with Crippen molar-refractivity contribution in [3.63, 3.8) is 0 Å². The number of nitrogens with zero attached hydrogens (tertiary/aromatic N) is 2. The summed E-state index contributed by atoms with van der Waals surface area (Å²) in [5.74, 6) is 0. The normalized spacial score (nSPS) is 11.0. The second kappa shape index (κ2) is 13.2. The van der Waals surface area contributed by atoms with Gasteiger partial charge in [0.2, 0.25) is 0 Å². The Morgan fingerprint density at radius 1 is 0.383 bits per heavy atom. The van der Waals surface area contributed by atoms with E-state index in [1.165, 1.54) is 82.9 Å². The number of benzene rings is 6. The SMILES string of the molecule is CCl.[Zr+2].c1ccc2[cH-]c(-n3c4ccccc4c4ccccc43)cc2c1.c1ccc2[cH-]c(-n3c4ccccc4c4ccccc43)cc2c1. The molecular weight excluding hydrogens is 671 g/mol.